The summed E-state index contributed by atoms with van der Waals surface area (Å²) in [5.41, 5.74) is -0.425. The maximum absolute atomic E-state index is 15.2. The molecule has 0 heterocycles. The monoisotopic (exact) mass is 660 g/mol. The lowest BCUT2D eigenvalue weighted by Crippen LogP contribution is -2.24. The highest BCUT2D eigenvalue weighted by atomic mass is 35.5. The summed E-state index contributed by atoms with van der Waals surface area (Å²) in [6.45, 7) is 3.41. The summed E-state index contributed by atoms with van der Waals surface area (Å²) in [6, 6.07) is 9.87. The van der Waals surface area contributed by atoms with Crippen molar-refractivity contribution in [1.29, 1.82) is 0 Å². The fourth-order valence-electron chi connectivity index (χ4n) is 4.48. The van der Waals surface area contributed by atoms with E-state index in [2.05, 4.69) is 10.6 Å². The van der Waals surface area contributed by atoms with E-state index in [0.717, 1.165) is 18.2 Å². The Kier molecular flexibility index (Phi) is 9.79. The minimum atomic E-state index is -1.49. The molecule has 1 aliphatic rings. The molecule has 0 aliphatic heterocycles. The highest BCUT2D eigenvalue weighted by molar-refractivity contribution is 6.53. The number of carbonyl (C=O) groups excluding carboxylic acids is 3. The van der Waals surface area contributed by atoms with Gasteiger partial charge in [0.2, 0.25) is 5.91 Å². The summed E-state index contributed by atoms with van der Waals surface area (Å²) in [5.74, 6) is -6.30. The Hall–Kier alpha value is -2.82. The number of hydrogen-bond acceptors (Lipinski definition) is 4. The zero-order valence-electron chi connectivity index (χ0n) is 22.0. The first-order valence-electron chi connectivity index (χ1n) is 12.6. The van der Waals surface area contributed by atoms with Gasteiger partial charge in [0.1, 0.15) is 22.1 Å². The van der Waals surface area contributed by atoms with Crippen LogP contribution in [0.3, 0.4) is 0 Å². The first-order chi connectivity index (χ1) is 19.8. The molecule has 0 spiro atoms. The third-order valence-electron chi connectivity index (χ3n) is 6.77. The van der Waals surface area contributed by atoms with Crippen LogP contribution in [0.1, 0.15) is 41.3 Å². The quantitative estimate of drug-likeness (QED) is 0.218. The standard InChI is InChI=1S/C29H23Cl4F3N2O4/c1-3-42-13(2)23(39)12-17-20(34)8-9-22(26(17)36)38-27(40)16-11-15(5-6-18(16)30)37-28(41)25-24(29(25,32)33)14-4-7-21(35)19(31)10-14/h4-11,13,24-25H,3,12H2,1-2H3,(H,37,41)(H,38,40)/t13?,24-,25+/m0/s1. The molecule has 6 nitrogen and oxygen atoms in total. The highest BCUT2D eigenvalue weighted by Crippen LogP contribution is 2.65. The molecule has 2 N–H and O–H groups in total. The lowest BCUT2D eigenvalue weighted by molar-refractivity contribution is -0.128. The van der Waals surface area contributed by atoms with Crippen molar-refractivity contribution in [3.63, 3.8) is 0 Å². The third-order valence-corrected chi connectivity index (χ3v) is 8.33. The van der Waals surface area contributed by atoms with Crippen LogP contribution in [0.4, 0.5) is 24.5 Å². The van der Waals surface area contributed by atoms with E-state index in [9.17, 15) is 23.2 Å². The number of hydrogen-bond donors (Lipinski definition) is 2. The molecule has 42 heavy (non-hydrogen) atoms. The van der Waals surface area contributed by atoms with Crippen molar-refractivity contribution in [1.82, 2.24) is 0 Å². The van der Waals surface area contributed by atoms with Gasteiger partial charge in [-0.2, -0.15) is 0 Å². The molecule has 0 saturated heterocycles. The van der Waals surface area contributed by atoms with E-state index < -0.39 is 69.3 Å². The summed E-state index contributed by atoms with van der Waals surface area (Å²) in [7, 11) is 0. The molecule has 1 saturated carbocycles. The summed E-state index contributed by atoms with van der Waals surface area (Å²) >= 11 is 24.8. The molecular formula is C29H23Cl4F3N2O4. The van der Waals surface area contributed by atoms with Gasteiger partial charge in [0.15, 0.2) is 11.6 Å². The number of amides is 2. The van der Waals surface area contributed by atoms with Gasteiger partial charge in [-0.3, -0.25) is 14.4 Å². The topological polar surface area (TPSA) is 84.5 Å². The van der Waals surface area contributed by atoms with Gasteiger partial charge in [0.25, 0.3) is 5.91 Å². The second kappa shape index (κ2) is 12.8. The van der Waals surface area contributed by atoms with Gasteiger partial charge < -0.3 is 15.4 Å². The van der Waals surface area contributed by atoms with Crippen molar-refractivity contribution >= 4 is 75.4 Å². The van der Waals surface area contributed by atoms with E-state index in [1.807, 2.05) is 0 Å². The van der Waals surface area contributed by atoms with Crippen LogP contribution in [0.2, 0.25) is 10.0 Å². The van der Waals surface area contributed by atoms with Crippen LogP contribution in [-0.4, -0.2) is 34.6 Å². The van der Waals surface area contributed by atoms with E-state index in [1.54, 1.807) is 6.92 Å². The second-order valence-electron chi connectivity index (χ2n) is 9.57. The summed E-state index contributed by atoms with van der Waals surface area (Å²) in [4.78, 5) is 38.4. The Bertz CT molecular complexity index is 1570. The molecule has 13 heteroatoms. The Morgan fingerprint density at radius 3 is 2.31 bits per heavy atom. The predicted molar refractivity (Wildman–Crippen MR) is 156 cm³/mol. The smallest absolute Gasteiger partial charge is 0.257 e. The number of anilines is 2. The van der Waals surface area contributed by atoms with E-state index in [0.29, 0.717) is 5.56 Å². The maximum Gasteiger partial charge on any atom is 0.257 e. The van der Waals surface area contributed by atoms with E-state index in [4.69, 9.17) is 51.1 Å². The number of Topliss-reactive ketones (excluding diaryl/α,β-unsaturated/α-hetero) is 1. The van der Waals surface area contributed by atoms with Gasteiger partial charge in [-0.1, -0.05) is 29.3 Å². The number of benzene rings is 3. The Balaban J connectivity index is 1.50. The van der Waals surface area contributed by atoms with Gasteiger partial charge >= 0.3 is 0 Å². The van der Waals surface area contributed by atoms with Crippen molar-refractivity contribution in [2.24, 2.45) is 5.92 Å². The number of nitrogens with one attached hydrogen (secondary N) is 2. The number of ketones is 1. The fourth-order valence-corrected chi connectivity index (χ4v) is 5.70. The van der Waals surface area contributed by atoms with Gasteiger partial charge in [0.05, 0.1) is 27.2 Å². The van der Waals surface area contributed by atoms with Crippen molar-refractivity contribution in [3.8, 4) is 0 Å². The largest absolute Gasteiger partial charge is 0.371 e. The lowest BCUT2D eigenvalue weighted by atomic mass is 10.0. The molecule has 0 bridgehead atoms. The number of ether oxygens (including phenoxy) is 1. The summed E-state index contributed by atoms with van der Waals surface area (Å²) < 4.78 is 46.8. The third kappa shape index (κ3) is 6.71. The molecule has 0 radical (unpaired) electrons. The molecule has 4 rings (SSSR count). The molecular weight excluding hydrogens is 639 g/mol. The van der Waals surface area contributed by atoms with E-state index >= 15 is 4.39 Å². The summed E-state index contributed by atoms with van der Waals surface area (Å²) in [5, 5.41) is 4.77. The van der Waals surface area contributed by atoms with Crippen molar-refractivity contribution in [2.45, 2.75) is 36.6 Å². The van der Waals surface area contributed by atoms with Crippen LogP contribution in [0.15, 0.2) is 48.5 Å². The molecule has 222 valence electrons. The summed E-state index contributed by atoms with van der Waals surface area (Å²) in [6.07, 6.45) is -1.45. The van der Waals surface area contributed by atoms with Crippen molar-refractivity contribution in [2.75, 3.05) is 17.2 Å². The average Bonchev–Trinajstić information content (AvgIpc) is 3.52. The second-order valence-corrected chi connectivity index (χ2v) is 11.8. The Morgan fingerprint density at radius 2 is 1.64 bits per heavy atom. The molecule has 0 aromatic heterocycles. The fraction of sp³-hybridized carbons (Fsp3) is 0.276. The molecule has 1 unspecified atom stereocenters. The molecule has 3 aromatic carbocycles. The Labute approximate surface area is 259 Å². The van der Waals surface area contributed by atoms with Gasteiger partial charge in [-0.15, -0.1) is 23.2 Å². The van der Waals surface area contributed by atoms with Crippen molar-refractivity contribution < 1.29 is 32.3 Å². The molecule has 3 aromatic rings. The zero-order chi connectivity index (χ0) is 30.9. The van der Waals surface area contributed by atoms with Gasteiger partial charge in [-0.05, 0) is 61.9 Å². The van der Waals surface area contributed by atoms with Crippen LogP contribution in [0, 0.1) is 23.4 Å². The van der Waals surface area contributed by atoms with Crippen LogP contribution in [-0.2, 0) is 20.7 Å². The van der Waals surface area contributed by atoms with E-state index in [1.165, 1.54) is 37.3 Å². The minimum Gasteiger partial charge on any atom is -0.371 e. The highest BCUT2D eigenvalue weighted by Gasteiger charge is 2.67. The molecule has 1 aliphatic carbocycles. The lowest BCUT2D eigenvalue weighted by Gasteiger charge is -2.14. The SMILES string of the molecule is CCOC(C)C(=O)Cc1c(F)ccc(NC(=O)c2cc(NC(=O)[C@H]3[C@H](c4ccc(F)c(Cl)c4)C3(Cl)Cl)ccc2Cl)c1F. The van der Waals surface area contributed by atoms with Crippen LogP contribution < -0.4 is 10.6 Å². The van der Waals surface area contributed by atoms with Gasteiger partial charge in [0, 0.05) is 30.2 Å². The predicted octanol–water partition coefficient (Wildman–Crippen LogP) is 7.73. The van der Waals surface area contributed by atoms with Crippen LogP contribution in [0.25, 0.3) is 0 Å². The zero-order valence-corrected chi connectivity index (χ0v) is 25.1. The van der Waals surface area contributed by atoms with E-state index in [-0.39, 0.29) is 33.6 Å². The van der Waals surface area contributed by atoms with Crippen LogP contribution >= 0.6 is 46.4 Å². The van der Waals surface area contributed by atoms with Crippen molar-refractivity contribution in [3.05, 3.63) is 92.7 Å². The number of carbonyl (C=O) groups is 3. The number of rotatable bonds is 10. The Morgan fingerprint density at radius 1 is 0.952 bits per heavy atom. The first-order valence-corrected chi connectivity index (χ1v) is 14.1. The number of alkyl halides is 2. The minimum absolute atomic E-state index is 0.0248. The van der Waals surface area contributed by atoms with Gasteiger partial charge in [-0.25, -0.2) is 13.2 Å². The molecule has 3 atom stereocenters. The maximum atomic E-state index is 15.2. The number of halogens is 7. The first kappa shape index (κ1) is 32.1. The van der Waals surface area contributed by atoms with Crippen LogP contribution in [0.5, 0.6) is 0 Å². The molecule has 1 fully saturated rings. The average molecular weight is 662 g/mol. The molecule has 2 amide bonds. The normalized spacial score (nSPS) is 17.8.